The second-order valence-electron chi connectivity index (χ2n) is 3.65. The summed E-state index contributed by atoms with van der Waals surface area (Å²) < 4.78 is 5.29. The number of aromatic amines is 1. The molecule has 8 nitrogen and oxygen atoms in total. The van der Waals surface area contributed by atoms with Crippen molar-refractivity contribution < 1.29 is 9.84 Å². The Morgan fingerprint density at radius 1 is 1.55 bits per heavy atom. The average Bonchev–Trinajstić information content (AvgIpc) is 3.00. The highest BCUT2D eigenvalue weighted by molar-refractivity contribution is 5.74. The van der Waals surface area contributed by atoms with E-state index < -0.39 is 0 Å². The highest BCUT2D eigenvalue weighted by atomic mass is 16.5. The molecule has 3 N–H and O–H groups in total. The fourth-order valence-electron chi connectivity index (χ4n) is 1.42. The second kappa shape index (κ2) is 6.86. The lowest BCUT2D eigenvalue weighted by Crippen LogP contribution is -2.01. The van der Waals surface area contributed by atoms with E-state index in [1.165, 1.54) is 6.20 Å². The standard InChI is InChI=1S/C12H12N6O2/c13-7-9(12-15-17-18-16-12)8-14-10-2-1-3-11(6-10)20-5-4-19/h1-3,6,8,14,19H,4-5H2,(H,15,16,17,18). The molecule has 0 radical (unpaired) electrons. The molecular weight excluding hydrogens is 260 g/mol. The van der Waals surface area contributed by atoms with Crippen molar-refractivity contribution in [3.8, 4) is 11.8 Å². The van der Waals surface area contributed by atoms with Crippen LogP contribution in [0.4, 0.5) is 5.69 Å². The number of aliphatic hydroxyl groups excluding tert-OH is 1. The number of H-pyrrole nitrogens is 1. The van der Waals surface area contributed by atoms with Gasteiger partial charge in [-0.1, -0.05) is 6.07 Å². The topological polar surface area (TPSA) is 120 Å². The molecule has 0 aliphatic carbocycles. The van der Waals surface area contributed by atoms with Crippen molar-refractivity contribution >= 4 is 11.3 Å². The van der Waals surface area contributed by atoms with Gasteiger partial charge in [0.15, 0.2) is 0 Å². The minimum atomic E-state index is -0.0477. The van der Waals surface area contributed by atoms with Gasteiger partial charge in [-0.3, -0.25) is 0 Å². The third-order valence-corrected chi connectivity index (χ3v) is 2.28. The van der Waals surface area contributed by atoms with Gasteiger partial charge in [0.1, 0.15) is 24.0 Å². The molecule has 0 atom stereocenters. The monoisotopic (exact) mass is 272 g/mol. The molecule has 0 aliphatic heterocycles. The van der Waals surface area contributed by atoms with Gasteiger partial charge in [-0.15, -0.1) is 10.2 Å². The third kappa shape index (κ3) is 3.54. The van der Waals surface area contributed by atoms with Gasteiger partial charge in [0.2, 0.25) is 5.82 Å². The smallest absolute Gasteiger partial charge is 0.216 e. The first kappa shape index (κ1) is 13.5. The highest BCUT2D eigenvalue weighted by Crippen LogP contribution is 2.18. The maximum absolute atomic E-state index is 9.01. The Morgan fingerprint density at radius 2 is 2.45 bits per heavy atom. The van der Waals surface area contributed by atoms with E-state index in [0.717, 1.165) is 5.69 Å². The summed E-state index contributed by atoms with van der Waals surface area (Å²) in [5.74, 6) is 0.836. The maximum atomic E-state index is 9.01. The summed E-state index contributed by atoms with van der Waals surface area (Å²) in [7, 11) is 0. The van der Waals surface area contributed by atoms with Gasteiger partial charge in [-0.05, 0) is 17.3 Å². The van der Waals surface area contributed by atoms with Crippen molar-refractivity contribution in [1.29, 1.82) is 5.26 Å². The summed E-state index contributed by atoms with van der Waals surface area (Å²) in [6.45, 7) is 0.180. The molecule has 0 aliphatic rings. The quantitative estimate of drug-likeness (QED) is 0.656. The van der Waals surface area contributed by atoms with Gasteiger partial charge in [0.05, 0.1) is 6.61 Å². The Kier molecular flexibility index (Phi) is 4.64. The van der Waals surface area contributed by atoms with E-state index in [1.54, 1.807) is 18.2 Å². The van der Waals surface area contributed by atoms with Crippen LogP contribution in [-0.4, -0.2) is 38.9 Å². The lowest BCUT2D eigenvalue weighted by Gasteiger charge is -2.06. The summed E-state index contributed by atoms with van der Waals surface area (Å²) in [5.41, 5.74) is 0.983. The molecule has 1 heterocycles. The van der Waals surface area contributed by atoms with Gasteiger partial charge < -0.3 is 15.2 Å². The fraction of sp³-hybridized carbons (Fsp3) is 0.167. The number of nitriles is 1. The Hall–Kier alpha value is -2.92. The molecule has 0 unspecified atom stereocenters. The van der Waals surface area contributed by atoms with Crippen LogP contribution in [0.25, 0.3) is 5.57 Å². The molecule has 20 heavy (non-hydrogen) atoms. The Labute approximate surface area is 114 Å². The van der Waals surface area contributed by atoms with Gasteiger partial charge in [0.25, 0.3) is 0 Å². The van der Waals surface area contributed by atoms with E-state index in [9.17, 15) is 0 Å². The van der Waals surface area contributed by atoms with Crippen LogP contribution in [-0.2, 0) is 0 Å². The van der Waals surface area contributed by atoms with Crippen molar-refractivity contribution in [1.82, 2.24) is 20.6 Å². The SMILES string of the molecule is N#CC(=CNc1cccc(OCCO)c1)c1nn[nH]n1. The van der Waals surface area contributed by atoms with Crippen molar-refractivity contribution in [2.45, 2.75) is 0 Å². The number of aromatic nitrogens is 4. The first-order valence-electron chi connectivity index (χ1n) is 5.78. The van der Waals surface area contributed by atoms with Gasteiger partial charge >= 0.3 is 0 Å². The predicted octanol–water partition coefficient (Wildman–Crippen LogP) is 0.547. The minimum Gasteiger partial charge on any atom is -0.491 e. The number of tetrazole rings is 1. The molecule has 0 saturated carbocycles. The zero-order chi connectivity index (χ0) is 14.2. The number of rotatable bonds is 6. The number of anilines is 1. The van der Waals surface area contributed by atoms with Crippen LogP contribution in [0.5, 0.6) is 5.75 Å². The number of aliphatic hydroxyl groups is 1. The first-order chi connectivity index (χ1) is 9.83. The van der Waals surface area contributed by atoms with Crippen molar-refractivity contribution in [3.63, 3.8) is 0 Å². The lowest BCUT2D eigenvalue weighted by molar-refractivity contribution is 0.201. The summed E-state index contributed by atoms with van der Waals surface area (Å²) in [6.07, 6.45) is 1.48. The molecule has 8 heteroatoms. The first-order valence-corrected chi connectivity index (χ1v) is 5.78. The number of benzene rings is 1. The van der Waals surface area contributed by atoms with Crippen LogP contribution < -0.4 is 10.1 Å². The summed E-state index contributed by atoms with van der Waals surface area (Å²) >= 11 is 0. The zero-order valence-corrected chi connectivity index (χ0v) is 10.4. The normalized spacial score (nSPS) is 10.9. The van der Waals surface area contributed by atoms with E-state index in [-0.39, 0.29) is 24.6 Å². The molecular formula is C12H12N6O2. The summed E-state index contributed by atoms with van der Waals surface area (Å²) in [6, 6.07) is 9.10. The summed E-state index contributed by atoms with van der Waals surface area (Å²) in [5, 5.41) is 33.8. The molecule has 1 aromatic carbocycles. The van der Waals surface area contributed by atoms with Crippen LogP contribution in [0.3, 0.4) is 0 Å². The van der Waals surface area contributed by atoms with Crippen LogP contribution in [0.1, 0.15) is 5.82 Å². The number of nitrogens with one attached hydrogen (secondary N) is 2. The van der Waals surface area contributed by atoms with E-state index in [4.69, 9.17) is 15.1 Å². The lowest BCUT2D eigenvalue weighted by atomic mass is 10.2. The molecule has 2 aromatic rings. The fourth-order valence-corrected chi connectivity index (χ4v) is 1.42. The Morgan fingerprint density at radius 3 is 3.15 bits per heavy atom. The summed E-state index contributed by atoms with van der Waals surface area (Å²) in [4.78, 5) is 0. The number of nitrogens with zero attached hydrogens (tertiary/aromatic N) is 4. The number of allylic oxidation sites excluding steroid dienone is 1. The van der Waals surface area contributed by atoms with Gasteiger partial charge in [-0.2, -0.15) is 10.5 Å². The third-order valence-electron chi connectivity index (χ3n) is 2.28. The Bertz CT molecular complexity index is 617. The van der Waals surface area contributed by atoms with Crippen LogP contribution in [0.15, 0.2) is 30.5 Å². The molecule has 0 spiro atoms. The van der Waals surface area contributed by atoms with E-state index in [0.29, 0.717) is 5.75 Å². The largest absolute Gasteiger partial charge is 0.491 e. The van der Waals surface area contributed by atoms with Crippen molar-refractivity contribution in [2.24, 2.45) is 0 Å². The molecule has 0 bridgehead atoms. The Balaban J connectivity index is 2.08. The zero-order valence-electron chi connectivity index (χ0n) is 10.4. The van der Waals surface area contributed by atoms with E-state index >= 15 is 0 Å². The van der Waals surface area contributed by atoms with Crippen molar-refractivity contribution in [3.05, 3.63) is 36.3 Å². The molecule has 0 saturated heterocycles. The van der Waals surface area contributed by atoms with Crippen LogP contribution in [0, 0.1) is 11.3 Å². The van der Waals surface area contributed by atoms with E-state index in [2.05, 4.69) is 25.9 Å². The van der Waals surface area contributed by atoms with Crippen LogP contribution >= 0.6 is 0 Å². The minimum absolute atomic E-state index is 0.0477. The molecule has 2 rings (SSSR count). The molecule has 0 fully saturated rings. The number of ether oxygens (including phenoxy) is 1. The van der Waals surface area contributed by atoms with Gasteiger partial charge in [-0.25, -0.2) is 0 Å². The molecule has 0 amide bonds. The predicted molar refractivity (Wildman–Crippen MR) is 70.4 cm³/mol. The average molecular weight is 272 g/mol. The second-order valence-corrected chi connectivity index (χ2v) is 3.65. The van der Waals surface area contributed by atoms with Crippen molar-refractivity contribution in [2.75, 3.05) is 18.5 Å². The number of hydrogen-bond acceptors (Lipinski definition) is 7. The number of hydrogen-bond donors (Lipinski definition) is 3. The van der Waals surface area contributed by atoms with E-state index in [1.807, 2.05) is 12.1 Å². The van der Waals surface area contributed by atoms with Crippen LogP contribution in [0.2, 0.25) is 0 Å². The highest BCUT2D eigenvalue weighted by Gasteiger charge is 2.05. The molecule has 102 valence electrons. The molecule has 1 aromatic heterocycles. The van der Waals surface area contributed by atoms with Gasteiger partial charge in [0, 0.05) is 18.0 Å². The maximum Gasteiger partial charge on any atom is 0.216 e.